The first-order valence-corrected chi connectivity index (χ1v) is 6.40. The molecule has 0 aromatic heterocycles. The van der Waals surface area contributed by atoms with Gasteiger partial charge in [-0.1, -0.05) is 15.9 Å². The van der Waals surface area contributed by atoms with Gasteiger partial charge in [0.15, 0.2) is 0 Å². The van der Waals surface area contributed by atoms with Gasteiger partial charge in [0, 0.05) is 20.9 Å². The quantitative estimate of drug-likeness (QED) is 0.825. The van der Waals surface area contributed by atoms with Gasteiger partial charge < -0.3 is 5.32 Å². The molecule has 1 rings (SSSR count). The molecule has 1 aromatic carbocycles. The van der Waals surface area contributed by atoms with Crippen LogP contribution in [0.1, 0.15) is 17.3 Å². The van der Waals surface area contributed by atoms with Crippen molar-refractivity contribution < 1.29 is 4.79 Å². The number of hydrogen-bond acceptors (Lipinski definition) is 1. The number of amides is 1. The molecule has 0 bridgehead atoms. The van der Waals surface area contributed by atoms with Crippen LogP contribution >= 0.6 is 43.5 Å². The maximum absolute atomic E-state index is 11.7. The van der Waals surface area contributed by atoms with E-state index < -0.39 is 0 Å². The van der Waals surface area contributed by atoms with Crippen LogP contribution in [-0.2, 0) is 0 Å². The van der Waals surface area contributed by atoms with E-state index in [1.807, 2.05) is 19.1 Å². The smallest absolute Gasteiger partial charge is 0.252 e. The molecule has 1 aromatic rings. The van der Waals surface area contributed by atoms with E-state index >= 15 is 0 Å². The second-order valence-electron chi connectivity index (χ2n) is 3.11. The lowest BCUT2D eigenvalue weighted by atomic mass is 10.2. The third kappa shape index (κ3) is 4.13. The molecule has 5 heteroatoms. The minimum atomic E-state index is -0.123. The van der Waals surface area contributed by atoms with Crippen LogP contribution in [0, 0.1) is 0 Å². The minimum absolute atomic E-state index is 0.0665. The van der Waals surface area contributed by atoms with Gasteiger partial charge >= 0.3 is 0 Å². The van der Waals surface area contributed by atoms with Crippen LogP contribution in [0.2, 0.25) is 0 Å². The average Bonchev–Trinajstić information content (AvgIpc) is 2.14. The van der Waals surface area contributed by atoms with Gasteiger partial charge in [0.05, 0.1) is 5.56 Å². The SMILES string of the molecule is CC(Cl)CNC(=O)c1ccc(Br)cc1Br. The van der Waals surface area contributed by atoms with E-state index in [1.54, 1.807) is 6.07 Å². The van der Waals surface area contributed by atoms with Crippen molar-refractivity contribution in [2.45, 2.75) is 12.3 Å². The largest absolute Gasteiger partial charge is 0.351 e. The second-order valence-corrected chi connectivity index (χ2v) is 5.63. The molecule has 1 unspecified atom stereocenters. The topological polar surface area (TPSA) is 29.1 Å². The fourth-order valence-electron chi connectivity index (χ4n) is 1.00. The van der Waals surface area contributed by atoms with E-state index in [-0.39, 0.29) is 11.3 Å². The van der Waals surface area contributed by atoms with E-state index in [1.165, 1.54) is 0 Å². The molecule has 0 fully saturated rings. The van der Waals surface area contributed by atoms with Crippen molar-refractivity contribution in [1.29, 1.82) is 0 Å². The summed E-state index contributed by atoms with van der Waals surface area (Å²) in [4.78, 5) is 11.7. The lowest BCUT2D eigenvalue weighted by Crippen LogP contribution is -2.28. The predicted octanol–water partition coefficient (Wildman–Crippen LogP) is 3.57. The summed E-state index contributed by atoms with van der Waals surface area (Å²) >= 11 is 12.4. The zero-order valence-corrected chi connectivity index (χ0v) is 12.0. The van der Waals surface area contributed by atoms with Crippen LogP contribution in [0.4, 0.5) is 0 Å². The van der Waals surface area contributed by atoms with Gasteiger partial charge in [-0.25, -0.2) is 0 Å². The third-order valence-electron chi connectivity index (χ3n) is 1.72. The molecule has 0 aliphatic heterocycles. The zero-order valence-electron chi connectivity index (χ0n) is 8.06. The van der Waals surface area contributed by atoms with Gasteiger partial charge in [-0.2, -0.15) is 0 Å². The fourth-order valence-corrected chi connectivity index (χ4v) is 2.31. The Morgan fingerprint density at radius 1 is 1.53 bits per heavy atom. The van der Waals surface area contributed by atoms with Crippen LogP contribution in [0.5, 0.6) is 0 Å². The number of carbonyl (C=O) groups is 1. The Morgan fingerprint density at radius 2 is 2.20 bits per heavy atom. The van der Waals surface area contributed by atoms with Gasteiger partial charge in [-0.05, 0) is 41.1 Å². The highest BCUT2D eigenvalue weighted by molar-refractivity contribution is 9.11. The van der Waals surface area contributed by atoms with Crippen molar-refractivity contribution >= 4 is 49.4 Å². The maximum atomic E-state index is 11.7. The Kier molecular flexibility index (Phi) is 5.09. The number of benzene rings is 1. The first-order chi connectivity index (χ1) is 7.00. The molecule has 15 heavy (non-hydrogen) atoms. The number of halogens is 3. The van der Waals surface area contributed by atoms with E-state index in [4.69, 9.17) is 11.6 Å². The Hall–Kier alpha value is -0.0600. The molecule has 82 valence electrons. The molecule has 1 N–H and O–H groups in total. The second kappa shape index (κ2) is 5.87. The van der Waals surface area contributed by atoms with E-state index in [2.05, 4.69) is 37.2 Å². The Labute approximate surface area is 111 Å². The summed E-state index contributed by atoms with van der Waals surface area (Å²) in [7, 11) is 0. The van der Waals surface area contributed by atoms with Crippen molar-refractivity contribution in [3.63, 3.8) is 0 Å². The van der Waals surface area contributed by atoms with Gasteiger partial charge in [0.25, 0.3) is 5.91 Å². The highest BCUT2D eigenvalue weighted by Gasteiger charge is 2.10. The molecule has 0 saturated heterocycles. The summed E-state index contributed by atoms with van der Waals surface area (Å²) in [6.07, 6.45) is 0. The molecule has 1 amide bonds. The average molecular weight is 355 g/mol. The van der Waals surface area contributed by atoms with Crippen LogP contribution in [-0.4, -0.2) is 17.8 Å². The van der Waals surface area contributed by atoms with Crippen LogP contribution in [0.3, 0.4) is 0 Å². The number of rotatable bonds is 3. The monoisotopic (exact) mass is 353 g/mol. The van der Waals surface area contributed by atoms with Crippen LogP contribution in [0.25, 0.3) is 0 Å². The number of hydrogen-bond donors (Lipinski definition) is 1. The number of carbonyl (C=O) groups excluding carboxylic acids is 1. The van der Waals surface area contributed by atoms with E-state index in [0.29, 0.717) is 12.1 Å². The molecule has 0 radical (unpaired) electrons. The zero-order chi connectivity index (χ0) is 11.4. The summed E-state index contributed by atoms with van der Waals surface area (Å²) in [5, 5.41) is 2.68. The molecule has 0 aliphatic carbocycles. The van der Waals surface area contributed by atoms with Crippen LogP contribution in [0.15, 0.2) is 27.1 Å². The van der Waals surface area contributed by atoms with Crippen molar-refractivity contribution in [3.8, 4) is 0 Å². The molecular weight excluding hydrogens is 345 g/mol. The van der Waals surface area contributed by atoms with Gasteiger partial charge in [0.1, 0.15) is 0 Å². The molecule has 0 spiro atoms. The highest BCUT2D eigenvalue weighted by Crippen LogP contribution is 2.21. The standard InChI is InChI=1S/C10H10Br2ClNO/c1-6(13)5-14-10(15)8-3-2-7(11)4-9(8)12/h2-4,6H,5H2,1H3,(H,14,15). The third-order valence-corrected chi connectivity index (χ3v) is 3.02. The normalized spacial score (nSPS) is 12.3. The Balaban J connectivity index is 2.74. The molecule has 0 aliphatic rings. The minimum Gasteiger partial charge on any atom is -0.351 e. The maximum Gasteiger partial charge on any atom is 0.252 e. The van der Waals surface area contributed by atoms with Crippen LogP contribution < -0.4 is 5.32 Å². The Bertz CT molecular complexity index is 368. The molecule has 2 nitrogen and oxygen atoms in total. The first-order valence-electron chi connectivity index (χ1n) is 4.38. The van der Waals surface area contributed by atoms with Gasteiger partial charge in [-0.3, -0.25) is 4.79 Å². The van der Waals surface area contributed by atoms with Crippen molar-refractivity contribution in [2.75, 3.05) is 6.54 Å². The fraction of sp³-hybridized carbons (Fsp3) is 0.300. The number of alkyl halides is 1. The van der Waals surface area contributed by atoms with Gasteiger partial charge in [0.2, 0.25) is 0 Å². The van der Waals surface area contributed by atoms with E-state index in [0.717, 1.165) is 8.95 Å². The summed E-state index contributed by atoms with van der Waals surface area (Å²) in [5.41, 5.74) is 0.607. The van der Waals surface area contributed by atoms with Crippen molar-refractivity contribution in [1.82, 2.24) is 5.32 Å². The highest BCUT2D eigenvalue weighted by atomic mass is 79.9. The van der Waals surface area contributed by atoms with Crippen molar-refractivity contribution in [3.05, 3.63) is 32.7 Å². The molecule has 0 saturated carbocycles. The molecular formula is C10H10Br2ClNO. The summed E-state index contributed by atoms with van der Waals surface area (Å²) in [6, 6.07) is 5.41. The lowest BCUT2D eigenvalue weighted by Gasteiger charge is -2.08. The number of nitrogens with one attached hydrogen (secondary N) is 1. The summed E-state index contributed by atoms with van der Waals surface area (Å²) in [5.74, 6) is -0.123. The van der Waals surface area contributed by atoms with E-state index in [9.17, 15) is 4.79 Å². The van der Waals surface area contributed by atoms with Crippen molar-refractivity contribution in [2.24, 2.45) is 0 Å². The molecule has 0 heterocycles. The first kappa shape index (κ1) is 13.0. The summed E-state index contributed by atoms with van der Waals surface area (Å²) in [6.45, 7) is 2.29. The Morgan fingerprint density at radius 3 is 2.73 bits per heavy atom. The van der Waals surface area contributed by atoms with Gasteiger partial charge in [-0.15, -0.1) is 11.6 Å². The molecule has 1 atom stereocenters. The summed E-state index contributed by atoms with van der Waals surface area (Å²) < 4.78 is 1.69. The lowest BCUT2D eigenvalue weighted by molar-refractivity contribution is 0.0953. The predicted molar refractivity (Wildman–Crippen MR) is 69.5 cm³/mol.